The van der Waals surface area contributed by atoms with Crippen molar-refractivity contribution in [3.63, 3.8) is 0 Å². The molecule has 0 atom stereocenters. The largest absolute Gasteiger partial charge is 0.378 e. The number of hydrogen-bond donors (Lipinski definition) is 0. The molecule has 0 aliphatic carbocycles. The van der Waals surface area contributed by atoms with Gasteiger partial charge in [-0.05, 0) is 24.3 Å². The minimum atomic E-state index is 1.16. The molecule has 0 radical (unpaired) electrons. The minimum Gasteiger partial charge on any atom is -0.225 e. The van der Waals surface area contributed by atoms with Crippen molar-refractivity contribution in [3.8, 4) is 11.6 Å². The van der Waals surface area contributed by atoms with E-state index in [1.807, 2.05) is 0 Å². The van der Waals surface area contributed by atoms with Crippen molar-refractivity contribution < 1.29 is 9.13 Å². The van der Waals surface area contributed by atoms with Crippen LogP contribution in [0.1, 0.15) is 0 Å². The molecule has 98 valence electrons. The molecule has 0 saturated carbocycles. The Morgan fingerprint density at radius 3 is 1.60 bits per heavy atom. The van der Waals surface area contributed by atoms with E-state index in [4.69, 9.17) is 0 Å². The third-order valence-electron chi connectivity index (χ3n) is 3.76. The summed E-state index contributed by atoms with van der Waals surface area (Å²) in [6.45, 7) is 0. The Bertz CT molecular complexity index is 852. The average molecular weight is 264 g/mol. The zero-order chi connectivity index (χ0) is 13.7. The highest BCUT2D eigenvalue weighted by atomic mass is 15.2. The number of pyridine rings is 2. The lowest BCUT2D eigenvalue weighted by Gasteiger charge is -1.94. The summed E-state index contributed by atoms with van der Waals surface area (Å²) in [5.41, 5.74) is 2.38. The number of fused-ring (bicyclic) bond motifs is 2. The van der Waals surface area contributed by atoms with Crippen LogP contribution in [-0.4, -0.2) is 8.80 Å². The van der Waals surface area contributed by atoms with E-state index in [-0.39, 0.29) is 0 Å². The SMILES string of the molecule is C[n+]1cc2ccccn2c1-c1n2ccccc2c[n+]1C. The van der Waals surface area contributed by atoms with Gasteiger partial charge in [0, 0.05) is 0 Å². The molecule has 4 aromatic heterocycles. The number of imidazole rings is 2. The molecule has 0 N–H and O–H groups in total. The third kappa shape index (κ3) is 1.42. The predicted molar refractivity (Wildman–Crippen MR) is 76.1 cm³/mol. The van der Waals surface area contributed by atoms with E-state index in [2.05, 4.69) is 93.2 Å². The number of hydrogen-bond acceptors (Lipinski definition) is 0. The van der Waals surface area contributed by atoms with E-state index in [0.29, 0.717) is 0 Å². The van der Waals surface area contributed by atoms with Gasteiger partial charge in [-0.1, -0.05) is 12.1 Å². The molecule has 4 rings (SSSR count). The molecule has 0 saturated heterocycles. The monoisotopic (exact) mass is 264 g/mol. The first-order chi connectivity index (χ1) is 9.75. The van der Waals surface area contributed by atoms with E-state index in [1.165, 1.54) is 11.0 Å². The van der Waals surface area contributed by atoms with Crippen molar-refractivity contribution in [3.05, 3.63) is 61.2 Å². The van der Waals surface area contributed by atoms with E-state index in [1.54, 1.807) is 0 Å². The lowest BCUT2D eigenvalue weighted by atomic mass is 10.4. The fraction of sp³-hybridized carbons (Fsp3) is 0.125. The third-order valence-corrected chi connectivity index (χ3v) is 3.76. The van der Waals surface area contributed by atoms with Gasteiger partial charge in [-0.2, -0.15) is 8.80 Å². The van der Waals surface area contributed by atoms with Gasteiger partial charge in [0.25, 0.3) is 0 Å². The Hall–Kier alpha value is -2.62. The maximum absolute atomic E-state index is 2.22. The van der Waals surface area contributed by atoms with Gasteiger partial charge in [0.05, 0.1) is 26.5 Å². The summed E-state index contributed by atoms with van der Waals surface area (Å²) in [6, 6.07) is 12.5. The van der Waals surface area contributed by atoms with Crippen LogP contribution in [0, 0.1) is 0 Å². The van der Waals surface area contributed by atoms with Crippen molar-refractivity contribution in [1.29, 1.82) is 0 Å². The number of nitrogens with zero attached hydrogens (tertiary/aromatic N) is 4. The lowest BCUT2D eigenvalue weighted by molar-refractivity contribution is -0.689. The van der Waals surface area contributed by atoms with Crippen LogP contribution >= 0.6 is 0 Å². The first-order valence-electron chi connectivity index (χ1n) is 6.67. The summed E-state index contributed by atoms with van der Waals surface area (Å²) in [4.78, 5) is 0. The standard InChI is InChI=1S/C16H16N4/c1-17-11-13-7-3-5-9-19(13)15(17)16-18(2)12-14-8-4-6-10-20(14)16/h3-12H,1-2H3/q+2. The zero-order valence-corrected chi connectivity index (χ0v) is 11.6. The second-order valence-electron chi connectivity index (χ2n) is 5.12. The van der Waals surface area contributed by atoms with Gasteiger partial charge in [0.1, 0.15) is 12.4 Å². The van der Waals surface area contributed by atoms with Gasteiger partial charge in [-0.3, -0.25) is 0 Å². The van der Waals surface area contributed by atoms with Crippen molar-refractivity contribution in [1.82, 2.24) is 8.80 Å². The fourth-order valence-corrected chi connectivity index (χ4v) is 2.90. The quantitative estimate of drug-likeness (QED) is 0.464. The van der Waals surface area contributed by atoms with E-state index < -0.39 is 0 Å². The van der Waals surface area contributed by atoms with Crippen LogP contribution < -0.4 is 9.13 Å². The van der Waals surface area contributed by atoms with E-state index in [9.17, 15) is 0 Å². The molecule has 0 aliphatic rings. The lowest BCUT2D eigenvalue weighted by Crippen LogP contribution is -2.36. The molecule has 4 heteroatoms. The van der Waals surface area contributed by atoms with Crippen LogP contribution in [0.2, 0.25) is 0 Å². The van der Waals surface area contributed by atoms with E-state index in [0.717, 1.165) is 11.6 Å². The normalized spacial score (nSPS) is 11.5. The predicted octanol–water partition coefficient (Wildman–Crippen LogP) is 1.51. The average Bonchev–Trinajstić information content (AvgIpc) is 2.94. The Balaban J connectivity index is 2.16. The first-order valence-corrected chi connectivity index (χ1v) is 6.67. The first kappa shape index (κ1) is 11.2. The Kier molecular flexibility index (Phi) is 2.21. The molecule has 0 aliphatic heterocycles. The molecule has 0 amide bonds. The fourth-order valence-electron chi connectivity index (χ4n) is 2.90. The molecule has 4 heterocycles. The topological polar surface area (TPSA) is 16.6 Å². The summed E-state index contributed by atoms with van der Waals surface area (Å²) >= 11 is 0. The molecular formula is C16H16N4+2. The second-order valence-corrected chi connectivity index (χ2v) is 5.12. The van der Waals surface area contributed by atoms with Gasteiger partial charge >= 0.3 is 11.6 Å². The molecule has 4 nitrogen and oxygen atoms in total. The van der Waals surface area contributed by atoms with Gasteiger partial charge < -0.3 is 0 Å². The molecule has 0 spiro atoms. The Morgan fingerprint density at radius 1 is 0.700 bits per heavy atom. The number of aromatic nitrogens is 4. The van der Waals surface area contributed by atoms with Crippen LogP contribution in [0.4, 0.5) is 0 Å². The van der Waals surface area contributed by atoms with Gasteiger partial charge in [-0.15, -0.1) is 0 Å². The smallest absolute Gasteiger partial charge is 0.225 e. The summed E-state index contributed by atoms with van der Waals surface area (Å²) in [7, 11) is 4.18. The molecule has 0 unspecified atom stereocenters. The Morgan fingerprint density at radius 2 is 1.15 bits per heavy atom. The summed E-state index contributed by atoms with van der Waals surface area (Å²) in [6.07, 6.45) is 8.51. The summed E-state index contributed by atoms with van der Waals surface area (Å²) < 4.78 is 8.78. The van der Waals surface area contributed by atoms with Gasteiger partial charge in [0.15, 0.2) is 11.0 Å². The van der Waals surface area contributed by atoms with Crippen LogP contribution in [0.3, 0.4) is 0 Å². The highest BCUT2D eigenvalue weighted by molar-refractivity contribution is 5.56. The number of aryl methyl sites for hydroxylation is 2. The van der Waals surface area contributed by atoms with E-state index >= 15 is 0 Å². The van der Waals surface area contributed by atoms with Crippen molar-refractivity contribution in [2.24, 2.45) is 14.1 Å². The maximum Gasteiger partial charge on any atom is 0.378 e. The highest BCUT2D eigenvalue weighted by Crippen LogP contribution is 2.17. The number of rotatable bonds is 1. The molecule has 0 aromatic carbocycles. The molecule has 20 heavy (non-hydrogen) atoms. The minimum absolute atomic E-state index is 1.16. The molecule has 0 fully saturated rings. The summed E-state index contributed by atoms with van der Waals surface area (Å²) in [5, 5.41) is 0. The zero-order valence-electron chi connectivity index (χ0n) is 11.6. The van der Waals surface area contributed by atoms with Crippen molar-refractivity contribution in [2.45, 2.75) is 0 Å². The second kappa shape index (κ2) is 3.93. The van der Waals surface area contributed by atoms with Crippen LogP contribution in [0.15, 0.2) is 61.2 Å². The van der Waals surface area contributed by atoms with Crippen LogP contribution in [-0.2, 0) is 14.1 Å². The Labute approximate surface area is 116 Å². The highest BCUT2D eigenvalue weighted by Gasteiger charge is 2.29. The molecule has 4 aromatic rings. The molecular weight excluding hydrogens is 248 g/mol. The maximum atomic E-state index is 2.22. The van der Waals surface area contributed by atoms with Crippen molar-refractivity contribution >= 4 is 11.0 Å². The van der Waals surface area contributed by atoms with Gasteiger partial charge in [-0.25, -0.2) is 9.13 Å². The van der Waals surface area contributed by atoms with Gasteiger partial charge in [0.2, 0.25) is 0 Å². The van der Waals surface area contributed by atoms with Crippen LogP contribution in [0.25, 0.3) is 22.7 Å². The van der Waals surface area contributed by atoms with Crippen molar-refractivity contribution in [2.75, 3.05) is 0 Å². The molecule has 0 bridgehead atoms. The van der Waals surface area contributed by atoms with Crippen LogP contribution in [0.5, 0.6) is 0 Å². The summed E-state index contributed by atoms with van der Waals surface area (Å²) in [5.74, 6) is 2.32.